The summed E-state index contributed by atoms with van der Waals surface area (Å²) in [5, 5.41) is 3.11. The zero-order valence-corrected chi connectivity index (χ0v) is 9.29. The van der Waals surface area contributed by atoms with Gasteiger partial charge in [0.05, 0.1) is 12.2 Å². The third-order valence-electron chi connectivity index (χ3n) is 2.41. The Morgan fingerprint density at radius 3 is 3.06 bits per heavy atom. The van der Waals surface area contributed by atoms with Crippen LogP contribution in [-0.4, -0.2) is 25.5 Å². The number of nitrogens with zero attached hydrogens (tertiary/aromatic N) is 1. The van der Waals surface area contributed by atoms with Crippen LogP contribution < -0.4 is 10.1 Å². The Bertz CT molecular complexity index is 404. The molecule has 0 unspecified atom stereocenters. The lowest BCUT2D eigenvalue weighted by atomic mass is 10.1. The molecule has 1 N–H and O–H groups in total. The molecule has 0 aliphatic carbocycles. The number of benzene rings is 1. The number of nitrogens with one attached hydrogen (secondary N) is 1. The Kier molecular flexibility index (Phi) is 3.39. The molecule has 0 saturated carbocycles. The summed E-state index contributed by atoms with van der Waals surface area (Å²) >= 11 is 0. The first-order valence-electron chi connectivity index (χ1n) is 5.53. The van der Waals surface area contributed by atoms with E-state index in [-0.39, 0.29) is 5.82 Å². The van der Waals surface area contributed by atoms with Gasteiger partial charge in [0, 0.05) is 13.1 Å². The number of ether oxygens (including phenoxy) is 1. The van der Waals surface area contributed by atoms with Crippen LogP contribution in [0.5, 0.6) is 5.75 Å². The quantitative estimate of drug-likeness (QED) is 0.848. The van der Waals surface area contributed by atoms with Crippen molar-refractivity contribution >= 4 is 5.84 Å². The Balaban J connectivity index is 2.40. The van der Waals surface area contributed by atoms with Gasteiger partial charge in [0.25, 0.3) is 0 Å². The Morgan fingerprint density at radius 2 is 2.38 bits per heavy atom. The van der Waals surface area contributed by atoms with Crippen molar-refractivity contribution in [1.29, 1.82) is 0 Å². The molecular formula is C12H15FN2O. The third kappa shape index (κ3) is 2.15. The van der Waals surface area contributed by atoms with Crippen LogP contribution in [0.4, 0.5) is 4.39 Å². The standard InChI is InChI=1S/C12H15FN2O/c1-2-16-10-6-3-5-9(13)11(10)12-14-7-4-8-15-12/h3,5-6H,2,4,7-8H2,1H3,(H,14,15). The second kappa shape index (κ2) is 4.96. The normalized spacial score (nSPS) is 15.2. The minimum Gasteiger partial charge on any atom is -0.493 e. The molecule has 0 atom stereocenters. The van der Waals surface area contributed by atoms with E-state index in [2.05, 4.69) is 10.3 Å². The van der Waals surface area contributed by atoms with Crippen LogP contribution in [0.1, 0.15) is 18.9 Å². The van der Waals surface area contributed by atoms with E-state index >= 15 is 0 Å². The van der Waals surface area contributed by atoms with Crippen LogP contribution in [0.3, 0.4) is 0 Å². The highest BCUT2D eigenvalue weighted by Gasteiger charge is 2.17. The van der Waals surface area contributed by atoms with E-state index in [4.69, 9.17) is 4.74 Å². The number of amidine groups is 1. The van der Waals surface area contributed by atoms with Crippen LogP contribution in [0.2, 0.25) is 0 Å². The maximum Gasteiger partial charge on any atom is 0.137 e. The van der Waals surface area contributed by atoms with Gasteiger partial charge in [-0.2, -0.15) is 0 Å². The molecule has 1 aromatic rings. The monoisotopic (exact) mass is 222 g/mol. The fourth-order valence-corrected chi connectivity index (χ4v) is 1.71. The Hall–Kier alpha value is -1.58. The summed E-state index contributed by atoms with van der Waals surface area (Å²) in [6, 6.07) is 4.84. The molecule has 0 fully saturated rings. The molecule has 1 aliphatic rings. The molecular weight excluding hydrogens is 207 g/mol. The van der Waals surface area contributed by atoms with Crippen LogP contribution in [0.15, 0.2) is 23.2 Å². The smallest absolute Gasteiger partial charge is 0.137 e. The lowest BCUT2D eigenvalue weighted by molar-refractivity contribution is 0.337. The van der Waals surface area contributed by atoms with Crippen molar-refractivity contribution in [3.8, 4) is 5.75 Å². The van der Waals surface area contributed by atoms with Crippen LogP contribution in [0, 0.1) is 5.82 Å². The van der Waals surface area contributed by atoms with Gasteiger partial charge in [-0.05, 0) is 25.5 Å². The Morgan fingerprint density at radius 1 is 1.50 bits per heavy atom. The van der Waals surface area contributed by atoms with Crippen LogP contribution >= 0.6 is 0 Å². The number of rotatable bonds is 3. The predicted octanol–water partition coefficient (Wildman–Crippen LogP) is 1.96. The highest BCUT2D eigenvalue weighted by atomic mass is 19.1. The van der Waals surface area contributed by atoms with E-state index in [1.54, 1.807) is 12.1 Å². The lowest BCUT2D eigenvalue weighted by Crippen LogP contribution is -2.31. The predicted molar refractivity (Wildman–Crippen MR) is 61.6 cm³/mol. The second-order valence-corrected chi connectivity index (χ2v) is 3.56. The summed E-state index contributed by atoms with van der Waals surface area (Å²) in [5.41, 5.74) is 0.448. The first-order chi connectivity index (χ1) is 7.83. The maximum absolute atomic E-state index is 13.8. The molecule has 0 radical (unpaired) electrons. The fraction of sp³-hybridized carbons (Fsp3) is 0.417. The largest absolute Gasteiger partial charge is 0.493 e. The third-order valence-corrected chi connectivity index (χ3v) is 2.41. The van der Waals surface area contributed by atoms with E-state index in [1.807, 2.05) is 6.92 Å². The molecule has 1 aromatic carbocycles. The van der Waals surface area contributed by atoms with Crippen molar-refractivity contribution in [3.05, 3.63) is 29.6 Å². The first-order valence-corrected chi connectivity index (χ1v) is 5.53. The maximum atomic E-state index is 13.8. The Labute approximate surface area is 94.3 Å². The highest BCUT2D eigenvalue weighted by Crippen LogP contribution is 2.22. The summed E-state index contributed by atoms with van der Waals surface area (Å²) in [6.45, 7) is 3.97. The van der Waals surface area contributed by atoms with Crippen molar-refractivity contribution in [2.45, 2.75) is 13.3 Å². The second-order valence-electron chi connectivity index (χ2n) is 3.56. The van der Waals surface area contributed by atoms with Gasteiger partial charge >= 0.3 is 0 Å². The van der Waals surface area contributed by atoms with Gasteiger partial charge < -0.3 is 10.1 Å². The van der Waals surface area contributed by atoms with Crippen molar-refractivity contribution in [3.63, 3.8) is 0 Å². The molecule has 3 nitrogen and oxygen atoms in total. The van der Waals surface area contributed by atoms with Gasteiger partial charge in [-0.25, -0.2) is 4.39 Å². The lowest BCUT2D eigenvalue weighted by Gasteiger charge is -2.17. The zero-order valence-electron chi connectivity index (χ0n) is 9.29. The van der Waals surface area contributed by atoms with Crippen molar-refractivity contribution in [1.82, 2.24) is 5.32 Å². The van der Waals surface area contributed by atoms with E-state index in [0.29, 0.717) is 23.8 Å². The summed E-state index contributed by atoms with van der Waals surface area (Å²) in [4.78, 5) is 4.29. The van der Waals surface area contributed by atoms with Crippen molar-refractivity contribution in [2.24, 2.45) is 4.99 Å². The summed E-state index contributed by atoms with van der Waals surface area (Å²) in [6.07, 6.45) is 0.988. The number of hydrogen-bond acceptors (Lipinski definition) is 3. The molecule has 4 heteroatoms. The molecule has 0 amide bonds. The summed E-state index contributed by atoms with van der Waals surface area (Å²) in [7, 11) is 0. The minimum absolute atomic E-state index is 0.292. The van der Waals surface area contributed by atoms with E-state index in [1.165, 1.54) is 6.07 Å². The van der Waals surface area contributed by atoms with Gasteiger partial charge in [-0.1, -0.05) is 6.07 Å². The summed E-state index contributed by atoms with van der Waals surface area (Å²) in [5.74, 6) is 0.863. The summed E-state index contributed by atoms with van der Waals surface area (Å²) < 4.78 is 19.2. The van der Waals surface area contributed by atoms with E-state index in [0.717, 1.165) is 19.5 Å². The molecule has 1 heterocycles. The highest BCUT2D eigenvalue weighted by molar-refractivity contribution is 6.01. The van der Waals surface area contributed by atoms with Gasteiger partial charge in [0.15, 0.2) is 0 Å². The molecule has 16 heavy (non-hydrogen) atoms. The molecule has 0 aromatic heterocycles. The fourth-order valence-electron chi connectivity index (χ4n) is 1.71. The first kappa shape index (κ1) is 10.9. The van der Waals surface area contributed by atoms with Crippen LogP contribution in [-0.2, 0) is 0 Å². The SMILES string of the molecule is CCOc1cccc(F)c1C1=NCCCN1. The van der Waals surface area contributed by atoms with E-state index < -0.39 is 0 Å². The van der Waals surface area contributed by atoms with Gasteiger partial charge in [-0.3, -0.25) is 4.99 Å². The molecule has 2 rings (SSSR count). The molecule has 0 bridgehead atoms. The van der Waals surface area contributed by atoms with Gasteiger partial charge in [0.2, 0.25) is 0 Å². The van der Waals surface area contributed by atoms with Gasteiger partial charge in [-0.15, -0.1) is 0 Å². The minimum atomic E-state index is -0.292. The van der Waals surface area contributed by atoms with Gasteiger partial charge in [0.1, 0.15) is 17.4 Å². The average Bonchev–Trinajstić information content (AvgIpc) is 2.31. The average molecular weight is 222 g/mol. The molecule has 86 valence electrons. The molecule has 1 aliphatic heterocycles. The number of halogens is 1. The molecule has 0 spiro atoms. The van der Waals surface area contributed by atoms with Crippen molar-refractivity contribution in [2.75, 3.05) is 19.7 Å². The van der Waals surface area contributed by atoms with Crippen molar-refractivity contribution < 1.29 is 9.13 Å². The van der Waals surface area contributed by atoms with E-state index in [9.17, 15) is 4.39 Å². The van der Waals surface area contributed by atoms with Crippen LogP contribution in [0.25, 0.3) is 0 Å². The number of aliphatic imine (C=N–C) groups is 1. The topological polar surface area (TPSA) is 33.6 Å². The molecule has 0 saturated heterocycles. The zero-order chi connectivity index (χ0) is 11.4. The number of hydrogen-bond donors (Lipinski definition) is 1.